The van der Waals surface area contributed by atoms with Gasteiger partial charge in [-0.2, -0.15) is 11.8 Å². The molecule has 2 atom stereocenters. The molecular formula is C19H34N2O5S. The molecule has 0 aromatic rings. The van der Waals surface area contributed by atoms with Gasteiger partial charge in [0, 0.05) is 0 Å². The lowest BCUT2D eigenvalue weighted by Gasteiger charge is -2.26. The molecule has 0 bridgehead atoms. The number of allylic oxidation sites excluding steroid dienone is 1. The molecule has 7 nitrogen and oxygen atoms in total. The summed E-state index contributed by atoms with van der Waals surface area (Å²) < 4.78 is 9.93. The van der Waals surface area contributed by atoms with E-state index < -0.39 is 29.7 Å². The van der Waals surface area contributed by atoms with Gasteiger partial charge >= 0.3 is 12.1 Å². The van der Waals surface area contributed by atoms with E-state index in [2.05, 4.69) is 10.6 Å². The minimum atomic E-state index is -0.778. The summed E-state index contributed by atoms with van der Waals surface area (Å²) in [7, 11) is 1.31. The fourth-order valence-electron chi connectivity index (χ4n) is 2.12. The standard InChI is InChI=1S/C19H34N2O5S/c1-13(2)16(21-18(24)26-19(3,4)5)17(23)20-14(12-15(22)25-6)10-8-9-11-27-7/h8,10,13-14,16H,9,11-12H2,1-7H3,(H,20,23)(H,21,24)/b10-8+/t14?,16-/m0/s1. The fraction of sp³-hybridized carbons (Fsp3) is 0.737. The van der Waals surface area contributed by atoms with Crippen molar-refractivity contribution in [3.05, 3.63) is 12.2 Å². The molecule has 0 fully saturated rings. The highest BCUT2D eigenvalue weighted by atomic mass is 32.2. The summed E-state index contributed by atoms with van der Waals surface area (Å²) in [5.74, 6) is -0.00318. The molecule has 0 aromatic carbocycles. The predicted molar refractivity (Wildman–Crippen MR) is 109 cm³/mol. The summed E-state index contributed by atoms with van der Waals surface area (Å²) in [4.78, 5) is 36.3. The van der Waals surface area contributed by atoms with Gasteiger partial charge in [0.05, 0.1) is 19.6 Å². The van der Waals surface area contributed by atoms with Crippen LogP contribution < -0.4 is 10.6 Å². The highest BCUT2D eigenvalue weighted by molar-refractivity contribution is 7.98. The van der Waals surface area contributed by atoms with Gasteiger partial charge in [-0.1, -0.05) is 26.0 Å². The number of alkyl carbamates (subject to hydrolysis) is 1. The van der Waals surface area contributed by atoms with Crippen molar-refractivity contribution in [1.82, 2.24) is 10.6 Å². The molecule has 0 saturated carbocycles. The topological polar surface area (TPSA) is 93.7 Å². The molecule has 0 aliphatic carbocycles. The lowest BCUT2D eigenvalue weighted by atomic mass is 10.0. The minimum Gasteiger partial charge on any atom is -0.469 e. The number of thioether (sulfide) groups is 1. The Bertz CT molecular complexity index is 515. The van der Waals surface area contributed by atoms with Crippen molar-refractivity contribution in [1.29, 1.82) is 0 Å². The van der Waals surface area contributed by atoms with E-state index in [0.29, 0.717) is 0 Å². The van der Waals surface area contributed by atoms with Crippen LogP contribution >= 0.6 is 11.8 Å². The first-order chi connectivity index (χ1) is 12.5. The molecule has 0 aliphatic rings. The number of nitrogens with one attached hydrogen (secondary N) is 2. The first-order valence-electron chi connectivity index (χ1n) is 9.02. The van der Waals surface area contributed by atoms with Crippen LogP contribution in [0.2, 0.25) is 0 Å². The number of carbonyl (C=O) groups excluding carboxylic acids is 3. The summed E-state index contributed by atoms with van der Waals surface area (Å²) in [5, 5.41) is 5.41. The summed E-state index contributed by atoms with van der Waals surface area (Å²) in [6.07, 6.45) is 5.92. The van der Waals surface area contributed by atoms with E-state index in [-0.39, 0.29) is 18.2 Å². The third kappa shape index (κ3) is 12.3. The molecule has 8 heteroatoms. The summed E-state index contributed by atoms with van der Waals surface area (Å²) in [5.41, 5.74) is -0.657. The molecule has 0 aromatic heterocycles. The number of rotatable bonds is 10. The van der Waals surface area contributed by atoms with Gasteiger partial charge < -0.3 is 20.1 Å². The van der Waals surface area contributed by atoms with Crippen LogP contribution in [0.15, 0.2) is 12.2 Å². The number of carbonyl (C=O) groups is 3. The first kappa shape index (κ1) is 25.3. The Morgan fingerprint density at radius 2 is 1.78 bits per heavy atom. The zero-order valence-corrected chi connectivity index (χ0v) is 18.3. The van der Waals surface area contributed by atoms with Crippen LogP contribution in [-0.2, 0) is 19.1 Å². The Balaban J connectivity index is 5.05. The second-order valence-electron chi connectivity index (χ2n) is 7.47. The number of ether oxygens (including phenoxy) is 2. The van der Waals surface area contributed by atoms with E-state index in [4.69, 9.17) is 9.47 Å². The van der Waals surface area contributed by atoms with Gasteiger partial charge in [0.2, 0.25) is 5.91 Å². The summed E-state index contributed by atoms with van der Waals surface area (Å²) >= 11 is 1.71. The Morgan fingerprint density at radius 3 is 2.26 bits per heavy atom. The average Bonchev–Trinajstić information content (AvgIpc) is 2.54. The van der Waals surface area contributed by atoms with Crippen LogP contribution in [0.3, 0.4) is 0 Å². The maximum Gasteiger partial charge on any atom is 0.408 e. The minimum absolute atomic E-state index is 0.0231. The first-order valence-corrected chi connectivity index (χ1v) is 10.4. The van der Waals surface area contributed by atoms with Crippen molar-refractivity contribution in [3.8, 4) is 0 Å². The maximum atomic E-state index is 12.7. The average molecular weight is 403 g/mol. The van der Waals surface area contributed by atoms with Crippen LogP contribution in [0.25, 0.3) is 0 Å². The Morgan fingerprint density at radius 1 is 1.15 bits per heavy atom. The number of methoxy groups -OCH3 is 1. The van der Waals surface area contributed by atoms with Crippen molar-refractivity contribution >= 4 is 29.7 Å². The van der Waals surface area contributed by atoms with Gasteiger partial charge in [0.1, 0.15) is 11.6 Å². The molecule has 156 valence electrons. The molecule has 0 spiro atoms. The molecule has 2 N–H and O–H groups in total. The smallest absolute Gasteiger partial charge is 0.408 e. The van der Waals surface area contributed by atoms with Crippen molar-refractivity contribution in [3.63, 3.8) is 0 Å². The van der Waals surface area contributed by atoms with Crippen molar-refractivity contribution in [2.24, 2.45) is 5.92 Å². The van der Waals surface area contributed by atoms with E-state index in [1.807, 2.05) is 26.2 Å². The molecule has 27 heavy (non-hydrogen) atoms. The van der Waals surface area contributed by atoms with E-state index in [0.717, 1.165) is 12.2 Å². The van der Waals surface area contributed by atoms with Crippen LogP contribution in [0, 0.1) is 5.92 Å². The van der Waals surface area contributed by atoms with Crippen molar-refractivity contribution in [2.75, 3.05) is 19.1 Å². The van der Waals surface area contributed by atoms with Gasteiger partial charge in [0.15, 0.2) is 0 Å². The number of hydrogen-bond donors (Lipinski definition) is 2. The predicted octanol–water partition coefficient (Wildman–Crippen LogP) is 2.89. The third-order valence-electron chi connectivity index (χ3n) is 3.42. The Labute approximate surface area is 167 Å². The van der Waals surface area contributed by atoms with Gasteiger partial charge in [-0.25, -0.2) is 4.79 Å². The third-order valence-corrected chi connectivity index (χ3v) is 4.06. The van der Waals surface area contributed by atoms with E-state index in [1.54, 1.807) is 38.6 Å². The van der Waals surface area contributed by atoms with E-state index in [9.17, 15) is 14.4 Å². The Kier molecular flexibility index (Phi) is 11.8. The van der Waals surface area contributed by atoms with Gasteiger partial charge in [-0.15, -0.1) is 0 Å². The largest absolute Gasteiger partial charge is 0.469 e. The van der Waals surface area contributed by atoms with Crippen LogP contribution in [-0.4, -0.2) is 54.8 Å². The van der Waals surface area contributed by atoms with Gasteiger partial charge in [-0.3, -0.25) is 9.59 Å². The van der Waals surface area contributed by atoms with E-state index in [1.165, 1.54) is 7.11 Å². The lowest BCUT2D eigenvalue weighted by molar-refractivity contribution is -0.141. The van der Waals surface area contributed by atoms with Crippen LogP contribution in [0.1, 0.15) is 47.5 Å². The van der Waals surface area contributed by atoms with Crippen LogP contribution in [0.4, 0.5) is 4.79 Å². The number of hydrogen-bond acceptors (Lipinski definition) is 6. The molecule has 1 unspecified atom stereocenters. The van der Waals surface area contributed by atoms with E-state index >= 15 is 0 Å². The van der Waals surface area contributed by atoms with Crippen LogP contribution in [0.5, 0.6) is 0 Å². The lowest BCUT2D eigenvalue weighted by Crippen LogP contribution is -2.53. The fourth-order valence-corrected chi connectivity index (χ4v) is 2.49. The van der Waals surface area contributed by atoms with Gasteiger partial charge in [-0.05, 0) is 45.1 Å². The maximum absolute atomic E-state index is 12.7. The number of amides is 2. The quantitative estimate of drug-likeness (QED) is 0.331. The highest BCUT2D eigenvalue weighted by Crippen LogP contribution is 2.10. The van der Waals surface area contributed by atoms with Crippen molar-refractivity contribution < 1.29 is 23.9 Å². The highest BCUT2D eigenvalue weighted by Gasteiger charge is 2.28. The van der Waals surface area contributed by atoms with Gasteiger partial charge in [0.25, 0.3) is 0 Å². The molecule has 0 rings (SSSR count). The zero-order chi connectivity index (χ0) is 21.0. The van der Waals surface area contributed by atoms with Crippen molar-refractivity contribution in [2.45, 2.75) is 65.1 Å². The zero-order valence-electron chi connectivity index (χ0n) is 17.5. The SMILES string of the molecule is COC(=O)CC(/C=C/CCSC)NC(=O)[C@@H](NC(=O)OC(C)(C)C)C(C)C. The number of esters is 1. The Hall–Kier alpha value is -1.70. The molecule has 0 radical (unpaired) electrons. The molecular weight excluding hydrogens is 368 g/mol. The molecule has 0 aliphatic heterocycles. The monoisotopic (exact) mass is 402 g/mol. The second kappa shape index (κ2) is 12.6. The summed E-state index contributed by atoms with van der Waals surface area (Å²) in [6, 6.07) is -1.28. The molecule has 2 amide bonds. The second-order valence-corrected chi connectivity index (χ2v) is 8.46. The normalized spacial score (nSPS) is 13.9. The molecule has 0 saturated heterocycles. The summed E-state index contributed by atoms with van der Waals surface area (Å²) in [6.45, 7) is 8.91. The molecule has 0 heterocycles.